The molecule has 1 saturated carbocycles. The van der Waals surface area contributed by atoms with E-state index in [0.717, 1.165) is 0 Å². The highest BCUT2D eigenvalue weighted by molar-refractivity contribution is 6.04. The largest absolute Gasteiger partial charge is 0.493 e. The van der Waals surface area contributed by atoms with E-state index in [1.807, 2.05) is 0 Å². The first-order valence-electron chi connectivity index (χ1n) is 7.18. The Hall–Kier alpha value is -2.77. The van der Waals surface area contributed by atoms with Crippen molar-refractivity contribution in [3.63, 3.8) is 0 Å². The summed E-state index contributed by atoms with van der Waals surface area (Å²) in [6, 6.07) is 2.58. The van der Waals surface area contributed by atoms with Gasteiger partial charge in [0.25, 0.3) is 0 Å². The van der Waals surface area contributed by atoms with Gasteiger partial charge in [-0.15, -0.1) is 0 Å². The molecule has 8 heteroatoms. The summed E-state index contributed by atoms with van der Waals surface area (Å²) in [5.41, 5.74) is -0.834. The van der Waals surface area contributed by atoms with Gasteiger partial charge in [0.1, 0.15) is 0 Å². The first-order chi connectivity index (χ1) is 11.1. The van der Waals surface area contributed by atoms with E-state index in [2.05, 4.69) is 5.32 Å². The third-order valence-corrected chi connectivity index (χ3v) is 4.39. The second-order valence-electron chi connectivity index (χ2n) is 6.16. The number of amides is 1. The second kappa shape index (κ2) is 6.03. The summed E-state index contributed by atoms with van der Waals surface area (Å²) in [6.45, 7) is 3.37. The third-order valence-electron chi connectivity index (χ3n) is 4.39. The smallest absolute Gasteiger partial charge is 0.337 e. The fourth-order valence-corrected chi connectivity index (χ4v) is 2.96. The second-order valence-corrected chi connectivity index (χ2v) is 6.16. The number of ether oxygens (including phenoxy) is 2. The number of aromatic carboxylic acids is 1. The molecular weight excluding hydrogens is 318 g/mol. The number of carboxylic acid groups (broad SMARTS) is 2. The minimum atomic E-state index is -1.25. The molecule has 2 rings (SSSR count). The minimum Gasteiger partial charge on any atom is -0.493 e. The van der Waals surface area contributed by atoms with E-state index >= 15 is 0 Å². The van der Waals surface area contributed by atoms with Crippen molar-refractivity contribution in [2.75, 3.05) is 19.5 Å². The number of carbonyl (C=O) groups excluding carboxylic acids is 1. The summed E-state index contributed by atoms with van der Waals surface area (Å²) < 4.78 is 10.2. The molecular formula is C16H19NO7. The molecule has 1 amide bonds. The quantitative estimate of drug-likeness (QED) is 0.722. The van der Waals surface area contributed by atoms with E-state index in [-0.39, 0.29) is 22.7 Å². The van der Waals surface area contributed by atoms with E-state index < -0.39 is 35.1 Å². The standard InChI is InChI=1S/C16H19NO7/c1-16(2)11(12(16)15(21)22)13(18)17-8-6-10(24-4)9(23-3)5-7(8)14(19)20/h5-6,11-12H,1-4H3,(H,17,18)(H,19,20)(H,21,22)/t11-,12-/m1/s1. The molecule has 0 saturated heterocycles. The van der Waals surface area contributed by atoms with Crippen molar-refractivity contribution < 1.29 is 34.1 Å². The number of carboxylic acids is 2. The Bertz CT molecular complexity index is 711. The van der Waals surface area contributed by atoms with Crippen LogP contribution in [0, 0.1) is 17.3 Å². The normalized spacial score (nSPS) is 20.8. The first-order valence-corrected chi connectivity index (χ1v) is 7.18. The molecule has 0 spiro atoms. The number of aliphatic carboxylic acids is 1. The van der Waals surface area contributed by atoms with E-state index in [1.54, 1.807) is 13.8 Å². The average Bonchev–Trinajstić information content (AvgIpc) is 3.09. The number of methoxy groups -OCH3 is 2. The van der Waals surface area contributed by atoms with Crippen LogP contribution in [0.4, 0.5) is 5.69 Å². The molecule has 1 aliphatic carbocycles. The molecule has 2 atom stereocenters. The number of rotatable bonds is 6. The first kappa shape index (κ1) is 17.6. The van der Waals surface area contributed by atoms with Gasteiger partial charge in [0.05, 0.1) is 37.3 Å². The lowest BCUT2D eigenvalue weighted by Gasteiger charge is -2.14. The van der Waals surface area contributed by atoms with Crippen LogP contribution in [0.2, 0.25) is 0 Å². The number of hydrogen-bond donors (Lipinski definition) is 3. The van der Waals surface area contributed by atoms with Crippen molar-refractivity contribution in [2.24, 2.45) is 17.3 Å². The summed E-state index contributed by atoms with van der Waals surface area (Å²) >= 11 is 0. The Morgan fingerprint density at radius 3 is 2.00 bits per heavy atom. The lowest BCUT2D eigenvalue weighted by molar-refractivity contribution is -0.140. The highest BCUT2D eigenvalue weighted by atomic mass is 16.5. The number of anilines is 1. The van der Waals surface area contributed by atoms with Crippen LogP contribution in [-0.2, 0) is 9.59 Å². The van der Waals surface area contributed by atoms with Crippen LogP contribution in [0.3, 0.4) is 0 Å². The molecule has 0 aliphatic heterocycles. The molecule has 0 bridgehead atoms. The fraction of sp³-hybridized carbons (Fsp3) is 0.438. The summed E-state index contributed by atoms with van der Waals surface area (Å²) in [7, 11) is 2.75. The predicted octanol–water partition coefficient (Wildman–Crippen LogP) is 1.70. The molecule has 1 aromatic rings. The van der Waals surface area contributed by atoms with Crippen molar-refractivity contribution >= 4 is 23.5 Å². The Balaban J connectivity index is 2.34. The summed E-state index contributed by atoms with van der Waals surface area (Å²) in [6.07, 6.45) is 0. The van der Waals surface area contributed by atoms with Crippen LogP contribution in [0.1, 0.15) is 24.2 Å². The van der Waals surface area contributed by atoms with Crippen molar-refractivity contribution in [2.45, 2.75) is 13.8 Å². The highest BCUT2D eigenvalue weighted by Gasteiger charge is 2.65. The number of hydrogen-bond acceptors (Lipinski definition) is 5. The van der Waals surface area contributed by atoms with Crippen LogP contribution in [-0.4, -0.2) is 42.3 Å². The lowest BCUT2D eigenvalue weighted by Crippen LogP contribution is -2.19. The summed E-state index contributed by atoms with van der Waals surface area (Å²) in [5, 5.41) is 21.0. The van der Waals surface area contributed by atoms with Gasteiger partial charge < -0.3 is 25.0 Å². The van der Waals surface area contributed by atoms with Gasteiger partial charge in [-0.2, -0.15) is 0 Å². The number of benzene rings is 1. The van der Waals surface area contributed by atoms with Crippen LogP contribution in [0.15, 0.2) is 12.1 Å². The van der Waals surface area contributed by atoms with Crippen molar-refractivity contribution in [3.05, 3.63) is 17.7 Å². The Kier molecular flexibility index (Phi) is 4.42. The number of nitrogens with one attached hydrogen (secondary N) is 1. The maximum absolute atomic E-state index is 12.4. The Morgan fingerprint density at radius 1 is 1.04 bits per heavy atom. The van der Waals surface area contributed by atoms with Crippen molar-refractivity contribution in [3.8, 4) is 11.5 Å². The molecule has 0 radical (unpaired) electrons. The van der Waals surface area contributed by atoms with Gasteiger partial charge in [0.15, 0.2) is 11.5 Å². The van der Waals surface area contributed by atoms with Crippen LogP contribution < -0.4 is 14.8 Å². The maximum Gasteiger partial charge on any atom is 0.337 e. The van der Waals surface area contributed by atoms with Crippen molar-refractivity contribution in [1.82, 2.24) is 0 Å². The van der Waals surface area contributed by atoms with Crippen LogP contribution in [0.5, 0.6) is 11.5 Å². The Morgan fingerprint density at radius 2 is 1.58 bits per heavy atom. The molecule has 130 valence electrons. The Labute approximate surface area is 138 Å². The molecule has 1 aromatic carbocycles. The summed E-state index contributed by atoms with van der Waals surface area (Å²) in [4.78, 5) is 35.0. The SMILES string of the molecule is COc1cc(NC(=O)[C@H]2[C@H](C(=O)O)C2(C)C)c(C(=O)O)cc1OC. The van der Waals surface area contributed by atoms with E-state index in [0.29, 0.717) is 0 Å². The van der Waals surface area contributed by atoms with Crippen molar-refractivity contribution in [1.29, 1.82) is 0 Å². The predicted molar refractivity (Wildman–Crippen MR) is 83.5 cm³/mol. The molecule has 0 unspecified atom stereocenters. The van der Waals surface area contributed by atoms with Crippen LogP contribution in [0.25, 0.3) is 0 Å². The zero-order valence-electron chi connectivity index (χ0n) is 13.7. The molecule has 0 aromatic heterocycles. The maximum atomic E-state index is 12.4. The molecule has 24 heavy (non-hydrogen) atoms. The highest BCUT2D eigenvalue weighted by Crippen LogP contribution is 2.58. The van der Waals surface area contributed by atoms with Gasteiger partial charge in [-0.1, -0.05) is 13.8 Å². The average molecular weight is 337 g/mol. The molecule has 8 nitrogen and oxygen atoms in total. The third kappa shape index (κ3) is 2.86. The fourth-order valence-electron chi connectivity index (χ4n) is 2.96. The number of carbonyl (C=O) groups is 3. The van der Waals surface area contributed by atoms with Crippen LogP contribution >= 0.6 is 0 Å². The van der Waals surface area contributed by atoms with E-state index in [4.69, 9.17) is 14.6 Å². The van der Waals surface area contributed by atoms with E-state index in [1.165, 1.54) is 26.4 Å². The van der Waals surface area contributed by atoms with Gasteiger partial charge >= 0.3 is 11.9 Å². The lowest BCUT2D eigenvalue weighted by atomic mass is 10.1. The minimum absolute atomic E-state index is 0.0250. The van der Waals surface area contributed by atoms with E-state index in [9.17, 15) is 19.5 Å². The molecule has 1 aliphatic rings. The van der Waals surface area contributed by atoms with Gasteiger partial charge in [0, 0.05) is 12.1 Å². The molecule has 0 heterocycles. The zero-order chi connectivity index (χ0) is 18.2. The summed E-state index contributed by atoms with van der Waals surface area (Å²) in [5.74, 6) is -3.91. The molecule has 3 N–H and O–H groups in total. The molecule has 1 fully saturated rings. The van der Waals surface area contributed by atoms with Gasteiger partial charge in [-0.3, -0.25) is 9.59 Å². The monoisotopic (exact) mass is 337 g/mol. The van der Waals surface area contributed by atoms with Gasteiger partial charge in [0.2, 0.25) is 5.91 Å². The zero-order valence-corrected chi connectivity index (χ0v) is 13.7. The van der Waals surface area contributed by atoms with Gasteiger partial charge in [-0.25, -0.2) is 4.79 Å². The van der Waals surface area contributed by atoms with Gasteiger partial charge in [-0.05, 0) is 5.41 Å². The topological polar surface area (TPSA) is 122 Å².